The maximum atomic E-state index is 12.7. The van der Waals surface area contributed by atoms with Gasteiger partial charge in [0.05, 0.1) is 10.4 Å². The molecular weight excluding hydrogens is 358 g/mol. The van der Waals surface area contributed by atoms with Crippen LogP contribution in [0, 0.1) is 10.1 Å². The van der Waals surface area contributed by atoms with Gasteiger partial charge in [-0.15, -0.1) is 0 Å². The number of hydrogen-bond acceptors (Lipinski definition) is 4. The molecule has 0 radical (unpaired) electrons. The summed E-state index contributed by atoms with van der Waals surface area (Å²) in [5.41, 5.74) is 2.94. The van der Waals surface area contributed by atoms with Gasteiger partial charge in [0.15, 0.2) is 0 Å². The van der Waals surface area contributed by atoms with Crippen molar-refractivity contribution in [2.24, 2.45) is 0 Å². The molecule has 3 rings (SSSR count). The lowest BCUT2D eigenvalue weighted by atomic mass is 10.0. The minimum atomic E-state index is -0.491. The van der Waals surface area contributed by atoms with E-state index in [0.717, 1.165) is 29.7 Å². The molecule has 3 aromatic rings. The number of nitrogens with one attached hydrogen (secondary N) is 1. The normalized spacial score (nSPS) is 10.8. The van der Waals surface area contributed by atoms with Gasteiger partial charge in [0, 0.05) is 29.3 Å². The van der Waals surface area contributed by atoms with E-state index in [1.807, 2.05) is 32.0 Å². The molecule has 0 atom stereocenters. The standard InChI is InChI=1S/C21H21N3O4/c1-3-14-6-5-7-15(4-2)21(14)22-19(25)13-23-18-10-9-17(24(27)28)12-16(18)8-11-20(23)26/h5-12H,3-4,13H2,1-2H3,(H,22,25). The summed E-state index contributed by atoms with van der Waals surface area (Å²) in [7, 11) is 0. The minimum Gasteiger partial charge on any atom is -0.324 e. The molecular formula is C21H21N3O4. The number of benzene rings is 2. The summed E-state index contributed by atoms with van der Waals surface area (Å²) >= 11 is 0. The van der Waals surface area contributed by atoms with Gasteiger partial charge in [0.2, 0.25) is 5.91 Å². The monoisotopic (exact) mass is 379 g/mol. The molecule has 0 aliphatic carbocycles. The van der Waals surface area contributed by atoms with Gasteiger partial charge in [-0.2, -0.15) is 0 Å². The highest BCUT2D eigenvalue weighted by Gasteiger charge is 2.14. The third-order valence-electron chi connectivity index (χ3n) is 4.75. The van der Waals surface area contributed by atoms with Gasteiger partial charge < -0.3 is 5.32 Å². The number of aryl methyl sites for hydroxylation is 2. The zero-order chi connectivity index (χ0) is 20.3. The van der Waals surface area contributed by atoms with Crippen LogP contribution in [-0.2, 0) is 24.2 Å². The van der Waals surface area contributed by atoms with Crippen molar-refractivity contribution in [1.82, 2.24) is 4.57 Å². The van der Waals surface area contributed by atoms with Gasteiger partial charge in [-0.25, -0.2) is 0 Å². The molecule has 0 aliphatic rings. The summed E-state index contributed by atoms with van der Waals surface area (Å²) in [6.07, 6.45) is 1.56. The second-order valence-corrected chi connectivity index (χ2v) is 6.46. The molecule has 2 aromatic carbocycles. The Morgan fingerprint density at radius 1 is 1.07 bits per heavy atom. The number of non-ortho nitro benzene ring substituents is 1. The van der Waals surface area contributed by atoms with Crippen LogP contribution in [0.3, 0.4) is 0 Å². The number of rotatable bonds is 6. The topological polar surface area (TPSA) is 94.2 Å². The van der Waals surface area contributed by atoms with E-state index in [1.165, 1.54) is 34.9 Å². The van der Waals surface area contributed by atoms with E-state index < -0.39 is 4.92 Å². The number of carbonyl (C=O) groups is 1. The van der Waals surface area contributed by atoms with E-state index in [1.54, 1.807) is 0 Å². The van der Waals surface area contributed by atoms with E-state index in [0.29, 0.717) is 10.9 Å². The molecule has 1 N–H and O–H groups in total. The molecule has 1 heterocycles. The van der Waals surface area contributed by atoms with Crippen LogP contribution < -0.4 is 10.9 Å². The lowest BCUT2D eigenvalue weighted by Gasteiger charge is -2.15. The van der Waals surface area contributed by atoms with E-state index in [2.05, 4.69) is 5.32 Å². The molecule has 1 amide bonds. The first-order valence-corrected chi connectivity index (χ1v) is 9.13. The summed E-state index contributed by atoms with van der Waals surface area (Å²) in [5, 5.41) is 14.4. The Hall–Kier alpha value is -3.48. The third-order valence-corrected chi connectivity index (χ3v) is 4.75. The van der Waals surface area contributed by atoms with Crippen molar-refractivity contribution in [3.05, 3.63) is 80.1 Å². The fraction of sp³-hybridized carbons (Fsp3) is 0.238. The Labute approximate surface area is 161 Å². The van der Waals surface area contributed by atoms with E-state index >= 15 is 0 Å². The number of aromatic nitrogens is 1. The first-order valence-electron chi connectivity index (χ1n) is 9.13. The zero-order valence-corrected chi connectivity index (χ0v) is 15.8. The molecule has 0 saturated heterocycles. The van der Waals surface area contributed by atoms with Crippen molar-refractivity contribution in [2.45, 2.75) is 33.2 Å². The van der Waals surface area contributed by atoms with Crippen molar-refractivity contribution in [2.75, 3.05) is 5.32 Å². The van der Waals surface area contributed by atoms with E-state index in [4.69, 9.17) is 0 Å². The maximum absolute atomic E-state index is 12.7. The number of nitrogens with zero attached hydrogens (tertiary/aromatic N) is 2. The lowest BCUT2D eigenvalue weighted by Crippen LogP contribution is -2.28. The number of anilines is 1. The Morgan fingerprint density at radius 3 is 2.36 bits per heavy atom. The minimum absolute atomic E-state index is 0.0633. The van der Waals surface area contributed by atoms with Crippen LogP contribution in [0.2, 0.25) is 0 Å². The van der Waals surface area contributed by atoms with Crippen molar-refractivity contribution in [3.8, 4) is 0 Å². The predicted octanol–water partition coefficient (Wildman–Crippen LogP) is 3.67. The van der Waals surface area contributed by atoms with Crippen molar-refractivity contribution >= 4 is 28.2 Å². The van der Waals surface area contributed by atoms with Crippen LogP contribution in [-0.4, -0.2) is 15.4 Å². The fourth-order valence-corrected chi connectivity index (χ4v) is 3.29. The number of fused-ring (bicyclic) bond motifs is 1. The van der Waals surface area contributed by atoms with Crippen LogP contribution in [0.1, 0.15) is 25.0 Å². The molecule has 0 unspecified atom stereocenters. The Morgan fingerprint density at radius 2 is 1.75 bits per heavy atom. The second-order valence-electron chi connectivity index (χ2n) is 6.46. The molecule has 28 heavy (non-hydrogen) atoms. The van der Waals surface area contributed by atoms with Crippen LogP contribution in [0.5, 0.6) is 0 Å². The second kappa shape index (κ2) is 8.04. The Bertz CT molecular complexity index is 1100. The highest BCUT2D eigenvalue weighted by atomic mass is 16.6. The number of hydrogen-bond donors (Lipinski definition) is 1. The van der Waals surface area contributed by atoms with Crippen LogP contribution in [0.25, 0.3) is 10.9 Å². The molecule has 0 spiro atoms. The van der Waals surface area contributed by atoms with E-state index in [-0.39, 0.29) is 23.7 Å². The molecule has 0 aliphatic heterocycles. The van der Waals surface area contributed by atoms with Crippen molar-refractivity contribution in [1.29, 1.82) is 0 Å². The largest absolute Gasteiger partial charge is 0.324 e. The number of para-hydroxylation sites is 1. The van der Waals surface area contributed by atoms with Gasteiger partial charge in [0.25, 0.3) is 11.2 Å². The average Bonchev–Trinajstić information content (AvgIpc) is 2.69. The zero-order valence-electron chi connectivity index (χ0n) is 15.8. The van der Waals surface area contributed by atoms with Gasteiger partial charge in [-0.05, 0) is 36.1 Å². The number of pyridine rings is 1. The summed E-state index contributed by atoms with van der Waals surface area (Å²) in [6, 6.07) is 13.0. The number of nitro benzene ring substituents is 1. The molecule has 0 bridgehead atoms. The third kappa shape index (κ3) is 3.78. The Balaban J connectivity index is 1.95. The summed E-state index contributed by atoms with van der Waals surface area (Å²) < 4.78 is 1.33. The van der Waals surface area contributed by atoms with Crippen molar-refractivity contribution < 1.29 is 9.72 Å². The van der Waals surface area contributed by atoms with Crippen molar-refractivity contribution in [3.63, 3.8) is 0 Å². The number of nitro groups is 1. The SMILES string of the molecule is CCc1cccc(CC)c1NC(=O)Cn1c(=O)ccc2cc([N+](=O)[O-])ccc21. The molecule has 0 fully saturated rings. The Kier molecular flexibility index (Phi) is 5.54. The van der Waals surface area contributed by atoms with E-state index in [9.17, 15) is 19.7 Å². The molecule has 1 aromatic heterocycles. The average molecular weight is 379 g/mol. The van der Waals surface area contributed by atoms with Gasteiger partial charge in [0.1, 0.15) is 6.54 Å². The molecule has 0 saturated carbocycles. The van der Waals surface area contributed by atoms with Crippen LogP contribution in [0.4, 0.5) is 11.4 Å². The molecule has 7 heteroatoms. The highest BCUT2D eigenvalue weighted by molar-refractivity contribution is 5.93. The summed E-state index contributed by atoms with van der Waals surface area (Å²) in [4.78, 5) is 35.5. The smallest absolute Gasteiger partial charge is 0.270 e. The first-order chi connectivity index (χ1) is 13.4. The first kappa shape index (κ1) is 19.3. The summed E-state index contributed by atoms with van der Waals surface area (Å²) in [6.45, 7) is 3.87. The van der Waals surface area contributed by atoms with Crippen LogP contribution >= 0.6 is 0 Å². The van der Waals surface area contributed by atoms with Gasteiger partial charge >= 0.3 is 0 Å². The summed E-state index contributed by atoms with van der Waals surface area (Å²) in [5.74, 6) is -0.316. The number of carbonyl (C=O) groups excluding carboxylic acids is 1. The maximum Gasteiger partial charge on any atom is 0.270 e. The highest BCUT2D eigenvalue weighted by Crippen LogP contribution is 2.23. The quantitative estimate of drug-likeness (QED) is 0.522. The lowest BCUT2D eigenvalue weighted by molar-refractivity contribution is -0.384. The molecule has 7 nitrogen and oxygen atoms in total. The van der Waals surface area contributed by atoms with Crippen LogP contribution in [0.15, 0.2) is 53.3 Å². The fourth-order valence-electron chi connectivity index (χ4n) is 3.29. The number of amides is 1. The van der Waals surface area contributed by atoms with Gasteiger partial charge in [-0.1, -0.05) is 32.0 Å². The van der Waals surface area contributed by atoms with Gasteiger partial charge in [-0.3, -0.25) is 24.3 Å². The molecule has 144 valence electrons. The predicted molar refractivity (Wildman–Crippen MR) is 109 cm³/mol.